The summed E-state index contributed by atoms with van der Waals surface area (Å²) in [5.41, 5.74) is 6.35. The van der Waals surface area contributed by atoms with Crippen LogP contribution in [-0.4, -0.2) is 27.7 Å². The lowest BCUT2D eigenvalue weighted by Crippen LogP contribution is -2.23. The molecule has 0 saturated carbocycles. The fourth-order valence-corrected chi connectivity index (χ4v) is 4.21. The SMILES string of the molecule is Cc1ccc2c(c1)c1c(n2C)C(CC(O)c2ccncc2)CNCC1. The third kappa shape index (κ3) is 2.96. The zero-order chi connectivity index (χ0) is 17.4. The Hall–Kier alpha value is -2.17. The largest absolute Gasteiger partial charge is 0.388 e. The van der Waals surface area contributed by atoms with Gasteiger partial charge < -0.3 is 15.0 Å². The van der Waals surface area contributed by atoms with Crippen molar-refractivity contribution in [3.8, 4) is 0 Å². The van der Waals surface area contributed by atoms with Gasteiger partial charge in [-0.15, -0.1) is 0 Å². The molecule has 2 N–H and O–H groups in total. The maximum absolute atomic E-state index is 10.7. The van der Waals surface area contributed by atoms with Crippen LogP contribution < -0.4 is 5.32 Å². The lowest BCUT2D eigenvalue weighted by molar-refractivity contribution is 0.156. The molecule has 0 radical (unpaired) electrons. The average Bonchev–Trinajstić information content (AvgIpc) is 2.77. The zero-order valence-electron chi connectivity index (χ0n) is 14.9. The first-order valence-corrected chi connectivity index (χ1v) is 9.01. The molecule has 25 heavy (non-hydrogen) atoms. The number of hydrogen-bond donors (Lipinski definition) is 2. The topological polar surface area (TPSA) is 50.1 Å². The molecule has 0 saturated heterocycles. The van der Waals surface area contributed by atoms with Crippen molar-refractivity contribution < 1.29 is 5.11 Å². The minimum absolute atomic E-state index is 0.290. The number of nitrogens with one attached hydrogen (secondary N) is 1. The number of aryl methyl sites for hydroxylation is 2. The molecule has 4 rings (SSSR count). The summed E-state index contributed by atoms with van der Waals surface area (Å²) in [5.74, 6) is 0.290. The molecule has 0 fully saturated rings. The number of aliphatic hydroxyl groups excluding tert-OH is 1. The van der Waals surface area contributed by atoms with E-state index in [0.29, 0.717) is 12.3 Å². The second-order valence-electron chi connectivity index (χ2n) is 7.13. The second-order valence-corrected chi connectivity index (χ2v) is 7.13. The number of nitrogens with zero attached hydrogens (tertiary/aromatic N) is 2. The highest BCUT2D eigenvalue weighted by molar-refractivity contribution is 5.86. The molecule has 2 atom stereocenters. The fourth-order valence-electron chi connectivity index (χ4n) is 4.21. The minimum atomic E-state index is -0.472. The molecule has 0 bridgehead atoms. The Kier molecular flexibility index (Phi) is 4.32. The number of aliphatic hydroxyl groups is 1. The molecule has 0 amide bonds. The summed E-state index contributed by atoms with van der Waals surface area (Å²) in [7, 11) is 2.16. The maximum Gasteiger partial charge on any atom is 0.0798 e. The smallest absolute Gasteiger partial charge is 0.0798 e. The van der Waals surface area contributed by atoms with E-state index in [-0.39, 0.29) is 0 Å². The zero-order valence-corrected chi connectivity index (χ0v) is 14.9. The van der Waals surface area contributed by atoms with Crippen molar-refractivity contribution in [1.82, 2.24) is 14.9 Å². The van der Waals surface area contributed by atoms with E-state index >= 15 is 0 Å². The Morgan fingerprint density at radius 1 is 1.28 bits per heavy atom. The molecule has 1 aromatic carbocycles. The van der Waals surface area contributed by atoms with Crippen molar-refractivity contribution in [3.05, 3.63) is 65.1 Å². The first-order valence-electron chi connectivity index (χ1n) is 9.01. The van der Waals surface area contributed by atoms with Crippen molar-refractivity contribution in [1.29, 1.82) is 0 Å². The van der Waals surface area contributed by atoms with Gasteiger partial charge >= 0.3 is 0 Å². The number of rotatable bonds is 3. The third-order valence-electron chi connectivity index (χ3n) is 5.44. The van der Waals surface area contributed by atoms with Crippen LogP contribution in [0.1, 0.15) is 40.8 Å². The Bertz CT molecular complexity index is 885. The van der Waals surface area contributed by atoms with E-state index in [9.17, 15) is 5.11 Å². The highest BCUT2D eigenvalue weighted by Crippen LogP contribution is 2.36. The summed E-state index contributed by atoms with van der Waals surface area (Å²) < 4.78 is 2.33. The van der Waals surface area contributed by atoms with E-state index in [1.807, 2.05) is 12.1 Å². The van der Waals surface area contributed by atoms with Crippen molar-refractivity contribution in [2.75, 3.05) is 13.1 Å². The van der Waals surface area contributed by atoms with Crippen LogP contribution in [0.5, 0.6) is 0 Å². The molecular formula is C21H25N3O. The molecule has 3 heterocycles. The van der Waals surface area contributed by atoms with Gasteiger partial charge in [0.25, 0.3) is 0 Å². The Morgan fingerprint density at radius 2 is 2.08 bits per heavy atom. The van der Waals surface area contributed by atoms with Gasteiger partial charge in [-0.2, -0.15) is 0 Å². The maximum atomic E-state index is 10.7. The predicted molar refractivity (Wildman–Crippen MR) is 101 cm³/mol. The minimum Gasteiger partial charge on any atom is -0.388 e. The van der Waals surface area contributed by atoms with Crippen LogP contribution in [0.25, 0.3) is 10.9 Å². The fraction of sp³-hybridized carbons (Fsp3) is 0.381. The third-order valence-corrected chi connectivity index (χ3v) is 5.44. The first-order chi connectivity index (χ1) is 12.1. The van der Waals surface area contributed by atoms with Gasteiger partial charge in [-0.1, -0.05) is 11.6 Å². The molecule has 2 aromatic heterocycles. The van der Waals surface area contributed by atoms with E-state index in [1.54, 1.807) is 12.4 Å². The van der Waals surface area contributed by atoms with Gasteiger partial charge in [-0.25, -0.2) is 0 Å². The summed E-state index contributed by atoms with van der Waals surface area (Å²) in [6.45, 7) is 4.04. The number of benzene rings is 1. The molecule has 4 heteroatoms. The van der Waals surface area contributed by atoms with E-state index in [1.165, 1.54) is 27.7 Å². The summed E-state index contributed by atoms with van der Waals surface area (Å²) >= 11 is 0. The standard InChI is InChI=1S/C21H25N3O/c1-14-3-4-19-18(11-14)17-7-10-23-13-16(21(17)24(19)2)12-20(25)15-5-8-22-9-6-15/h3-6,8-9,11,16,20,23,25H,7,10,12-13H2,1-2H3. The normalized spacial score (nSPS) is 18.8. The van der Waals surface area contributed by atoms with Gasteiger partial charge in [-0.3, -0.25) is 4.98 Å². The molecule has 2 unspecified atom stereocenters. The first kappa shape index (κ1) is 16.3. The van der Waals surface area contributed by atoms with Crippen LogP contribution in [0.2, 0.25) is 0 Å². The van der Waals surface area contributed by atoms with Crippen molar-refractivity contribution in [2.24, 2.45) is 7.05 Å². The Labute approximate surface area is 148 Å². The highest BCUT2D eigenvalue weighted by atomic mass is 16.3. The van der Waals surface area contributed by atoms with E-state index in [0.717, 1.165) is 25.1 Å². The van der Waals surface area contributed by atoms with Gasteiger partial charge in [0.15, 0.2) is 0 Å². The lowest BCUT2D eigenvalue weighted by Gasteiger charge is -2.21. The summed E-state index contributed by atoms with van der Waals surface area (Å²) in [6, 6.07) is 10.5. The van der Waals surface area contributed by atoms with Crippen LogP contribution >= 0.6 is 0 Å². The molecule has 1 aliphatic heterocycles. The Morgan fingerprint density at radius 3 is 2.88 bits per heavy atom. The van der Waals surface area contributed by atoms with Crippen LogP contribution in [0, 0.1) is 6.92 Å². The van der Waals surface area contributed by atoms with Gasteiger partial charge in [0.1, 0.15) is 0 Å². The second kappa shape index (κ2) is 6.62. The van der Waals surface area contributed by atoms with Gasteiger partial charge in [0, 0.05) is 48.5 Å². The number of fused-ring (bicyclic) bond motifs is 3. The van der Waals surface area contributed by atoms with Crippen LogP contribution in [-0.2, 0) is 13.5 Å². The van der Waals surface area contributed by atoms with E-state index < -0.39 is 6.10 Å². The molecule has 3 aromatic rings. The number of aromatic nitrogens is 2. The molecule has 4 nitrogen and oxygen atoms in total. The van der Waals surface area contributed by atoms with E-state index in [4.69, 9.17) is 0 Å². The lowest BCUT2D eigenvalue weighted by atomic mass is 9.92. The Balaban J connectivity index is 1.75. The molecular weight excluding hydrogens is 310 g/mol. The predicted octanol–water partition coefficient (Wildman–Crippen LogP) is 3.23. The van der Waals surface area contributed by atoms with Gasteiger partial charge in [-0.05, 0) is 61.7 Å². The quantitative estimate of drug-likeness (QED) is 0.772. The number of hydrogen-bond acceptors (Lipinski definition) is 3. The van der Waals surface area contributed by atoms with Gasteiger partial charge in [0.05, 0.1) is 6.10 Å². The molecule has 1 aliphatic rings. The summed E-state index contributed by atoms with van der Waals surface area (Å²) in [5, 5.41) is 15.7. The molecule has 0 spiro atoms. The van der Waals surface area contributed by atoms with Crippen molar-refractivity contribution >= 4 is 10.9 Å². The van der Waals surface area contributed by atoms with Crippen molar-refractivity contribution in [2.45, 2.75) is 31.8 Å². The van der Waals surface area contributed by atoms with Crippen molar-refractivity contribution in [3.63, 3.8) is 0 Å². The average molecular weight is 335 g/mol. The number of pyridine rings is 1. The molecule has 130 valence electrons. The monoisotopic (exact) mass is 335 g/mol. The highest BCUT2D eigenvalue weighted by Gasteiger charge is 2.27. The summed E-state index contributed by atoms with van der Waals surface area (Å²) in [4.78, 5) is 4.05. The van der Waals surface area contributed by atoms with Crippen LogP contribution in [0.15, 0.2) is 42.7 Å². The molecule has 0 aliphatic carbocycles. The van der Waals surface area contributed by atoms with Gasteiger partial charge in [0.2, 0.25) is 0 Å². The van der Waals surface area contributed by atoms with E-state index in [2.05, 4.69) is 47.0 Å². The summed E-state index contributed by atoms with van der Waals surface area (Å²) in [6.07, 6.45) is 4.77. The van der Waals surface area contributed by atoms with Crippen LogP contribution in [0.4, 0.5) is 0 Å². The van der Waals surface area contributed by atoms with Crippen LogP contribution in [0.3, 0.4) is 0 Å².